The molecular weight excluding hydrogens is 918 g/mol. The van der Waals surface area contributed by atoms with Crippen molar-refractivity contribution in [2.24, 2.45) is 0 Å². The van der Waals surface area contributed by atoms with Crippen LogP contribution in [-0.2, 0) is 16.2 Å². The first-order valence-electron chi connectivity index (χ1n) is 27.0. The summed E-state index contributed by atoms with van der Waals surface area (Å²) in [6, 6.07) is 88.8. The molecule has 372 valence electrons. The Kier molecular flexibility index (Phi) is 12.0. The second-order valence-corrected chi connectivity index (χ2v) is 23.8. The first-order chi connectivity index (χ1) is 36.6. The van der Waals surface area contributed by atoms with Crippen LogP contribution in [0, 0.1) is 0 Å². The van der Waals surface area contributed by atoms with Gasteiger partial charge in [0.05, 0.1) is 17.1 Å². The SMILES string of the molecule is CC(C)(C)c1ccc(N(c2ccccc2)c2cc3c4c(c2)N(c2c(-c5ccccc5)cc(C(C)(C)C)cc2-c2ccccc2)c2ccccc2B4c2ccccc2N3c2ccc(C(C)(C)C)cc2-c2ccccc2)cc1. The molecule has 0 spiro atoms. The Morgan fingerprint density at radius 2 is 0.697 bits per heavy atom. The lowest BCUT2D eigenvalue weighted by Gasteiger charge is -2.46. The van der Waals surface area contributed by atoms with Gasteiger partial charge in [-0.2, -0.15) is 0 Å². The first-order valence-corrected chi connectivity index (χ1v) is 27.0. The summed E-state index contributed by atoms with van der Waals surface area (Å²) in [5.74, 6) is 0. The van der Waals surface area contributed by atoms with E-state index in [9.17, 15) is 0 Å². The number of fused-ring (bicyclic) bond motifs is 4. The van der Waals surface area contributed by atoms with Crippen molar-refractivity contribution in [2.45, 2.75) is 78.6 Å². The largest absolute Gasteiger partial charge is 0.311 e. The Hall–Kier alpha value is -8.34. The third-order valence-corrected chi connectivity index (χ3v) is 15.7. The van der Waals surface area contributed by atoms with Crippen molar-refractivity contribution >= 4 is 74.3 Å². The molecule has 0 saturated heterocycles. The second-order valence-electron chi connectivity index (χ2n) is 23.8. The fourth-order valence-corrected chi connectivity index (χ4v) is 11.7. The summed E-state index contributed by atoms with van der Waals surface area (Å²) < 4.78 is 0. The fraction of sp³-hybridized carbons (Fsp3) is 0.167. The molecule has 10 aromatic carbocycles. The van der Waals surface area contributed by atoms with E-state index in [-0.39, 0.29) is 23.0 Å². The Morgan fingerprint density at radius 3 is 1.20 bits per heavy atom. The van der Waals surface area contributed by atoms with E-state index in [0.717, 1.165) is 39.8 Å². The maximum atomic E-state index is 2.64. The normalized spacial score (nSPS) is 13.0. The number of anilines is 9. The van der Waals surface area contributed by atoms with Crippen molar-refractivity contribution in [1.82, 2.24) is 0 Å². The molecule has 10 aromatic rings. The van der Waals surface area contributed by atoms with Gasteiger partial charge in [0.15, 0.2) is 0 Å². The third-order valence-electron chi connectivity index (χ3n) is 15.7. The highest BCUT2D eigenvalue weighted by Crippen LogP contribution is 2.54. The zero-order chi connectivity index (χ0) is 52.5. The van der Waals surface area contributed by atoms with Crippen molar-refractivity contribution in [3.63, 3.8) is 0 Å². The molecule has 0 N–H and O–H groups in total. The van der Waals surface area contributed by atoms with Gasteiger partial charge in [0.25, 0.3) is 6.71 Å². The maximum Gasteiger partial charge on any atom is 0.252 e. The van der Waals surface area contributed by atoms with E-state index in [1.54, 1.807) is 0 Å². The molecule has 76 heavy (non-hydrogen) atoms. The minimum absolute atomic E-state index is 0.00262. The molecule has 4 heteroatoms. The lowest BCUT2D eigenvalue weighted by molar-refractivity contribution is 0.590. The van der Waals surface area contributed by atoms with Crippen LogP contribution in [0.5, 0.6) is 0 Å². The molecule has 2 aliphatic rings. The number of nitrogens with zero attached hydrogens (tertiary/aromatic N) is 3. The van der Waals surface area contributed by atoms with Gasteiger partial charge in [-0.05, 0) is 139 Å². The van der Waals surface area contributed by atoms with E-state index >= 15 is 0 Å². The molecule has 0 radical (unpaired) electrons. The van der Waals surface area contributed by atoms with Crippen molar-refractivity contribution in [2.75, 3.05) is 14.7 Å². The van der Waals surface area contributed by atoms with Crippen LogP contribution in [0.15, 0.2) is 237 Å². The van der Waals surface area contributed by atoms with E-state index in [1.807, 2.05) is 0 Å². The predicted molar refractivity (Wildman–Crippen MR) is 328 cm³/mol. The van der Waals surface area contributed by atoms with Gasteiger partial charge in [-0.3, -0.25) is 0 Å². The van der Waals surface area contributed by atoms with Gasteiger partial charge in [-0.25, -0.2) is 0 Å². The minimum atomic E-state index is -0.127. The van der Waals surface area contributed by atoms with Crippen LogP contribution in [0.25, 0.3) is 33.4 Å². The van der Waals surface area contributed by atoms with Gasteiger partial charge in [-0.1, -0.05) is 226 Å². The van der Waals surface area contributed by atoms with Crippen LogP contribution in [0.3, 0.4) is 0 Å². The molecule has 0 aliphatic carbocycles. The molecule has 0 bridgehead atoms. The molecule has 0 fully saturated rings. The lowest BCUT2D eigenvalue weighted by atomic mass is 9.33. The summed E-state index contributed by atoms with van der Waals surface area (Å²) in [6.07, 6.45) is 0. The van der Waals surface area contributed by atoms with Gasteiger partial charge in [0.1, 0.15) is 0 Å². The summed E-state index contributed by atoms with van der Waals surface area (Å²) in [4.78, 5) is 7.71. The molecule has 12 rings (SSSR count). The number of hydrogen-bond acceptors (Lipinski definition) is 3. The average Bonchev–Trinajstić information content (AvgIpc) is 3.63. The van der Waals surface area contributed by atoms with E-state index in [4.69, 9.17) is 0 Å². The predicted octanol–water partition coefficient (Wildman–Crippen LogP) is 18.1. The first kappa shape index (κ1) is 48.6. The van der Waals surface area contributed by atoms with E-state index in [2.05, 4.69) is 314 Å². The summed E-state index contributed by atoms with van der Waals surface area (Å²) in [7, 11) is 0. The third kappa shape index (κ3) is 8.60. The van der Waals surface area contributed by atoms with Gasteiger partial charge in [0, 0.05) is 50.8 Å². The summed E-state index contributed by atoms with van der Waals surface area (Å²) in [5, 5.41) is 0. The number of benzene rings is 10. The smallest absolute Gasteiger partial charge is 0.252 e. The fourth-order valence-electron chi connectivity index (χ4n) is 11.7. The van der Waals surface area contributed by atoms with Gasteiger partial charge in [-0.15, -0.1) is 0 Å². The molecule has 0 aromatic heterocycles. The van der Waals surface area contributed by atoms with E-state index < -0.39 is 0 Å². The van der Waals surface area contributed by atoms with Crippen molar-refractivity contribution in [3.8, 4) is 33.4 Å². The molecule has 2 aliphatic heterocycles. The highest BCUT2D eigenvalue weighted by Gasteiger charge is 2.45. The highest BCUT2D eigenvalue weighted by molar-refractivity contribution is 7.00. The van der Waals surface area contributed by atoms with Crippen LogP contribution in [-0.4, -0.2) is 6.71 Å². The Labute approximate surface area is 451 Å². The standard InChI is InChI=1S/C72H66BN3/c1-70(2,3)52-38-41-56(42-39-52)74(55-32-20-13-21-33-55)57-47-66-68-67(48-57)76(69-59(50-28-16-11-17-29-50)45-54(72(7,8)9)46-60(69)51-30-18-12-19-31-51)65-37-25-23-35-62(65)73(68)61-34-22-24-36-64(61)75(66)63-43-40-53(71(4,5)6)44-58(63)49-26-14-10-15-27-49/h10-48H,1-9H3. The van der Waals surface area contributed by atoms with Crippen LogP contribution >= 0.6 is 0 Å². The van der Waals surface area contributed by atoms with Crippen LogP contribution in [0.1, 0.15) is 79.0 Å². The molecule has 0 saturated carbocycles. The Morgan fingerprint density at radius 1 is 0.303 bits per heavy atom. The van der Waals surface area contributed by atoms with E-state index in [0.29, 0.717) is 0 Å². The minimum Gasteiger partial charge on any atom is -0.311 e. The van der Waals surface area contributed by atoms with Crippen molar-refractivity contribution < 1.29 is 0 Å². The topological polar surface area (TPSA) is 9.72 Å². The molecule has 3 nitrogen and oxygen atoms in total. The molecule has 2 heterocycles. The number of hydrogen-bond donors (Lipinski definition) is 0. The second kappa shape index (κ2) is 18.8. The van der Waals surface area contributed by atoms with Gasteiger partial charge < -0.3 is 14.7 Å². The van der Waals surface area contributed by atoms with Crippen molar-refractivity contribution in [3.05, 3.63) is 253 Å². The molecule has 0 amide bonds. The van der Waals surface area contributed by atoms with E-state index in [1.165, 1.54) is 77.8 Å². The van der Waals surface area contributed by atoms with Crippen LogP contribution in [0.4, 0.5) is 51.2 Å². The summed E-state index contributed by atoms with van der Waals surface area (Å²) in [5.41, 5.74) is 24.8. The quantitative estimate of drug-likeness (QED) is 0.141. The van der Waals surface area contributed by atoms with Gasteiger partial charge in [0.2, 0.25) is 0 Å². The maximum absolute atomic E-state index is 2.64. The molecular formula is C72H66BN3. The van der Waals surface area contributed by atoms with Crippen LogP contribution in [0.2, 0.25) is 0 Å². The average molecular weight is 984 g/mol. The highest BCUT2D eigenvalue weighted by atomic mass is 15.2. The molecule has 0 unspecified atom stereocenters. The Bertz CT molecular complexity index is 3690. The van der Waals surface area contributed by atoms with Crippen molar-refractivity contribution in [1.29, 1.82) is 0 Å². The lowest BCUT2D eigenvalue weighted by Crippen LogP contribution is -2.61. The monoisotopic (exact) mass is 984 g/mol. The van der Waals surface area contributed by atoms with Gasteiger partial charge >= 0.3 is 0 Å². The Balaban J connectivity index is 1.26. The molecule has 0 atom stereocenters. The summed E-state index contributed by atoms with van der Waals surface area (Å²) >= 11 is 0. The number of rotatable bonds is 8. The zero-order valence-corrected chi connectivity index (χ0v) is 45.4. The zero-order valence-electron chi connectivity index (χ0n) is 45.4. The summed E-state index contributed by atoms with van der Waals surface area (Å²) in [6.45, 7) is 20.8. The number of para-hydroxylation sites is 3. The van der Waals surface area contributed by atoms with Crippen LogP contribution < -0.4 is 31.1 Å².